The monoisotopic (exact) mass is 336 g/mol. The summed E-state index contributed by atoms with van der Waals surface area (Å²) in [7, 11) is 0. The van der Waals surface area contributed by atoms with Crippen molar-refractivity contribution >= 4 is 45.3 Å². The van der Waals surface area contributed by atoms with Crippen LogP contribution in [0.15, 0.2) is 17.0 Å². The highest BCUT2D eigenvalue weighted by Crippen LogP contribution is 2.33. The molecule has 0 aromatic heterocycles. The molecule has 1 unspecified atom stereocenters. The predicted octanol–water partition coefficient (Wildman–Crippen LogP) is 5.30. The van der Waals surface area contributed by atoms with Gasteiger partial charge in [0.25, 0.3) is 5.24 Å². The summed E-state index contributed by atoms with van der Waals surface area (Å²) in [5.74, 6) is -0.901. The molecule has 6 heteroatoms. The van der Waals surface area contributed by atoms with E-state index in [1.54, 1.807) is 0 Å². The standard InChI is InChI=1S/C14H15Cl2FO2S/c1-3-4-5-8(2)14(19)20-12-6-9(13(16)18)11(17)7-10(12)15/h6-8H,3-5H2,1-2H3. The Labute approximate surface area is 132 Å². The Morgan fingerprint density at radius 2 is 2.05 bits per heavy atom. The minimum absolute atomic E-state index is 0.0556. The van der Waals surface area contributed by atoms with E-state index in [0.717, 1.165) is 37.1 Å². The lowest BCUT2D eigenvalue weighted by Crippen LogP contribution is -2.07. The van der Waals surface area contributed by atoms with E-state index in [0.29, 0.717) is 4.90 Å². The summed E-state index contributed by atoms with van der Waals surface area (Å²) in [5, 5.41) is -0.863. The van der Waals surface area contributed by atoms with Crippen molar-refractivity contribution in [3.05, 3.63) is 28.5 Å². The number of carbonyl (C=O) groups is 2. The number of carbonyl (C=O) groups excluding carboxylic acids is 2. The van der Waals surface area contributed by atoms with E-state index in [9.17, 15) is 14.0 Å². The van der Waals surface area contributed by atoms with Crippen LogP contribution in [0.3, 0.4) is 0 Å². The van der Waals surface area contributed by atoms with E-state index < -0.39 is 11.1 Å². The van der Waals surface area contributed by atoms with Crippen molar-refractivity contribution < 1.29 is 14.0 Å². The molecule has 0 radical (unpaired) electrons. The van der Waals surface area contributed by atoms with Gasteiger partial charge in [-0.2, -0.15) is 0 Å². The van der Waals surface area contributed by atoms with Crippen molar-refractivity contribution in [3.8, 4) is 0 Å². The molecular formula is C14H15Cl2FO2S. The third-order valence-corrected chi connectivity index (χ3v) is 4.63. The van der Waals surface area contributed by atoms with Crippen LogP contribution in [-0.2, 0) is 4.79 Å². The Balaban J connectivity index is 2.89. The average Bonchev–Trinajstić information content (AvgIpc) is 2.38. The molecule has 0 bridgehead atoms. The van der Waals surface area contributed by atoms with Gasteiger partial charge in [0.2, 0.25) is 0 Å². The van der Waals surface area contributed by atoms with Gasteiger partial charge in [-0.3, -0.25) is 9.59 Å². The van der Waals surface area contributed by atoms with Gasteiger partial charge in [-0.05, 0) is 30.2 Å². The fraction of sp³-hybridized carbons (Fsp3) is 0.429. The second kappa shape index (κ2) is 8.01. The Morgan fingerprint density at radius 1 is 1.40 bits per heavy atom. The van der Waals surface area contributed by atoms with E-state index >= 15 is 0 Å². The van der Waals surface area contributed by atoms with Gasteiger partial charge in [0.15, 0.2) is 5.12 Å². The van der Waals surface area contributed by atoms with E-state index in [2.05, 4.69) is 6.92 Å². The van der Waals surface area contributed by atoms with Gasteiger partial charge in [0.05, 0.1) is 10.6 Å². The fourth-order valence-corrected chi connectivity index (χ4v) is 2.87. The van der Waals surface area contributed by atoms with Crippen LogP contribution in [0.2, 0.25) is 5.02 Å². The van der Waals surface area contributed by atoms with E-state index in [-0.39, 0.29) is 21.6 Å². The van der Waals surface area contributed by atoms with E-state index in [1.165, 1.54) is 6.07 Å². The number of hydrogen-bond donors (Lipinski definition) is 0. The fourth-order valence-electron chi connectivity index (χ4n) is 1.60. The summed E-state index contributed by atoms with van der Waals surface area (Å²) >= 11 is 12.1. The molecule has 0 saturated carbocycles. The highest BCUT2D eigenvalue weighted by Gasteiger charge is 2.19. The van der Waals surface area contributed by atoms with Gasteiger partial charge in [-0.1, -0.05) is 50.1 Å². The summed E-state index contributed by atoms with van der Waals surface area (Å²) in [6, 6.07) is 2.23. The molecule has 0 N–H and O–H groups in total. The molecule has 0 saturated heterocycles. The maximum Gasteiger partial charge on any atom is 0.255 e. The first-order chi connectivity index (χ1) is 9.36. The molecule has 2 nitrogen and oxygen atoms in total. The van der Waals surface area contributed by atoms with Crippen LogP contribution >= 0.6 is 35.0 Å². The lowest BCUT2D eigenvalue weighted by molar-refractivity contribution is -0.114. The molecule has 1 rings (SSSR count). The normalized spacial score (nSPS) is 12.2. The first kappa shape index (κ1) is 17.5. The number of halogens is 3. The van der Waals surface area contributed by atoms with Crippen LogP contribution in [0.4, 0.5) is 4.39 Å². The van der Waals surface area contributed by atoms with E-state index in [1.807, 2.05) is 6.92 Å². The minimum Gasteiger partial charge on any atom is -0.287 e. The molecule has 110 valence electrons. The van der Waals surface area contributed by atoms with Gasteiger partial charge < -0.3 is 0 Å². The molecule has 1 aromatic rings. The molecule has 20 heavy (non-hydrogen) atoms. The van der Waals surface area contributed by atoms with Gasteiger partial charge >= 0.3 is 0 Å². The van der Waals surface area contributed by atoms with Crippen LogP contribution in [0, 0.1) is 11.7 Å². The van der Waals surface area contributed by atoms with Crippen molar-refractivity contribution in [2.75, 3.05) is 0 Å². The summed E-state index contributed by atoms with van der Waals surface area (Å²) < 4.78 is 13.5. The smallest absolute Gasteiger partial charge is 0.255 e. The lowest BCUT2D eigenvalue weighted by Gasteiger charge is -2.10. The summed E-state index contributed by atoms with van der Waals surface area (Å²) in [4.78, 5) is 23.5. The lowest BCUT2D eigenvalue weighted by atomic mass is 10.1. The van der Waals surface area contributed by atoms with Crippen molar-refractivity contribution in [1.82, 2.24) is 0 Å². The number of benzene rings is 1. The van der Waals surface area contributed by atoms with Gasteiger partial charge in [0.1, 0.15) is 5.82 Å². The Morgan fingerprint density at radius 3 is 2.60 bits per heavy atom. The highest BCUT2D eigenvalue weighted by atomic mass is 35.5. The third kappa shape index (κ3) is 4.76. The van der Waals surface area contributed by atoms with E-state index in [4.69, 9.17) is 23.2 Å². The molecule has 0 aliphatic heterocycles. The third-order valence-electron chi connectivity index (χ3n) is 2.84. The summed E-state index contributed by atoms with van der Waals surface area (Å²) in [5.41, 5.74) is -0.271. The topological polar surface area (TPSA) is 34.1 Å². The Bertz CT molecular complexity index is 520. The molecular weight excluding hydrogens is 322 g/mol. The quantitative estimate of drug-likeness (QED) is 0.521. The average molecular weight is 337 g/mol. The first-order valence-electron chi connectivity index (χ1n) is 6.27. The number of rotatable bonds is 6. The second-order valence-corrected chi connectivity index (χ2v) is 6.30. The molecule has 0 heterocycles. The van der Waals surface area contributed by atoms with Crippen LogP contribution in [-0.4, -0.2) is 10.4 Å². The maximum atomic E-state index is 13.5. The molecule has 0 spiro atoms. The van der Waals surface area contributed by atoms with Crippen LogP contribution in [0.5, 0.6) is 0 Å². The molecule has 0 amide bonds. The van der Waals surface area contributed by atoms with Gasteiger partial charge in [0, 0.05) is 10.8 Å². The zero-order chi connectivity index (χ0) is 15.3. The van der Waals surface area contributed by atoms with Crippen molar-refractivity contribution in [2.24, 2.45) is 5.92 Å². The summed E-state index contributed by atoms with van der Waals surface area (Å²) in [6.07, 6.45) is 2.78. The zero-order valence-electron chi connectivity index (χ0n) is 11.2. The van der Waals surface area contributed by atoms with Gasteiger partial charge in [-0.15, -0.1) is 0 Å². The highest BCUT2D eigenvalue weighted by molar-refractivity contribution is 8.13. The maximum absolute atomic E-state index is 13.5. The largest absolute Gasteiger partial charge is 0.287 e. The molecule has 0 aliphatic rings. The van der Waals surface area contributed by atoms with Crippen LogP contribution < -0.4 is 0 Å². The first-order valence-corrected chi connectivity index (χ1v) is 7.84. The summed E-state index contributed by atoms with van der Waals surface area (Å²) in [6.45, 7) is 3.90. The SMILES string of the molecule is CCCCC(C)C(=O)Sc1cc(C(=O)Cl)c(F)cc1Cl. The predicted molar refractivity (Wildman–Crippen MR) is 81.1 cm³/mol. The van der Waals surface area contributed by atoms with Crippen LogP contribution in [0.1, 0.15) is 43.5 Å². The zero-order valence-corrected chi connectivity index (χ0v) is 13.5. The number of hydrogen-bond acceptors (Lipinski definition) is 3. The molecule has 1 atom stereocenters. The van der Waals surface area contributed by atoms with Crippen molar-refractivity contribution in [2.45, 2.75) is 38.0 Å². The molecule has 0 fully saturated rings. The van der Waals surface area contributed by atoms with Gasteiger partial charge in [-0.25, -0.2) is 4.39 Å². The molecule has 0 aliphatic carbocycles. The Hall–Kier alpha value is -0.580. The second-order valence-electron chi connectivity index (χ2n) is 4.50. The number of thioether (sulfide) groups is 1. The van der Waals surface area contributed by atoms with Crippen molar-refractivity contribution in [1.29, 1.82) is 0 Å². The Kier molecular flexibility index (Phi) is 7.00. The molecule has 1 aromatic carbocycles. The van der Waals surface area contributed by atoms with Crippen LogP contribution in [0.25, 0.3) is 0 Å². The number of unbranched alkanes of at least 4 members (excludes halogenated alkanes) is 1. The van der Waals surface area contributed by atoms with Crippen molar-refractivity contribution in [3.63, 3.8) is 0 Å². The minimum atomic E-state index is -0.910.